The number of nitrogens with zero attached hydrogens (tertiary/aromatic N) is 6. The monoisotopic (exact) mass is 670 g/mol. The van der Waals surface area contributed by atoms with E-state index < -0.39 is 11.7 Å². The van der Waals surface area contributed by atoms with E-state index in [0.717, 1.165) is 53.4 Å². The Kier molecular flexibility index (Phi) is 7.92. The molecule has 4 fully saturated rings. The van der Waals surface area contributed by atoms with E-state index in [4.69, 9.17) is 19.4 Å². The number of carbonyl (C=O) groups is 1. The van der Waals surface area contributed by atoms with Crippen LogP contribution in [0.2, 0.25) is 0 Å². The fourth-order valence-corrected chi connectivity index (χ4v) is 8.61. The maximum Gasteiger partial charge on any atom is 0.319 e. The van der Waals surface area contributed by atoms with Crippen molar-refractivity contribution in [2.45, 2.75) is 62.4 Å². The second-order valence-electron chi connectivity index (χ2n) is 13.3. The number of amides is 1. The molecule has 0 bridgehead atoms. The summed E-state index contributed by atoms with van der Waals surface area (Å²) in [7, 11) is 0. The van der Waals surface area contributed by atoms with Crippen molar-refractivity contribution in [1.29, 1.82) is 5.26 Å². The van der Waals surface area contributed by atoms with Crippen molar-refractivity contribution in [2.24, 2.45) is 0 Å². The molecule has 2 aromatic heterocycles. The lowest BCUT2D eigenvalue weighted by atomic mass is 9.95. The summed E-state index contributed by atoms with van der Waals surface area (Å²) < 4.78 is 43.7. The van der Waals surface area contributed by atoms with Crippen LogP contribution in [0.25, 0.3) is 32.1 Å². The number of benzene rings is 2. The lowest BCUT2D eigenvalue weighted by Crippen LogP contribution is -2.55. The molecule has 3 aliphatic heterocycles. The average Bonchev–Trinajstić information content (AvgIpc) is 3.59. The predicted molar refractivity (Wildman–Crippen MR) is 181 cm³/mol. The van der Waals surface area contributed by atoms with E-state index in [9.17, 15) is 14.4 Å². The van der Waals surface area contributed by atoms with Crippen LogP contribution >= 0.6 is 11.3 Å². The summed E-state index contributed by atoms with van der Waals surface area (Å²) in [4.78, 5) is 28.5. The number of hydrogen-bond acceptors (Lipinski definition) is 9. The molecular formula is C36H36F2N6O3S. The standard InChI is InChI=1S/C36H36F2N6O3S/c1-2-30(45)44-16-15-42(19-23(44)11-13-39)34-27-10-9-26(25-5-3-6-29-31(25)28(38)20-48-29)33(47-24-7-8-24)32(27)40-35(41-34)46-21-36-12-4-14-43(36)18-22(37)17-36/h2-3,5-6,9-10,20,22-24H,1,4,7-8,11-12,14-19,21H2/t22-,23+,36+/m1/s1. The zero-order valence-electron chi connectivity index (χ0n) is 26.5. The maximum atomic E-state index is 15.2. The molecule has 1 amide bonds. The molecule has 9 nitrogen and oxygen atoms in total. The number of carbonyl (C=O) groups excluding carboxylic acids is 1. The Morgan fingerprint density at radius 1 is 1.17 bits per heavy atom. The van der Waals surface area contributed by atoms with E-state index in [1.54, 1.807) is 4.90 Å². The summed E-state index contributed by atoms with van der Waals surface area (Å²) >= 11 is 1.36. The number of piperazine rings is 1. The van der Waals surface area contributed by atoms with Gasteiger partial charge in [0.05, 0.1) is 30.2 Å². The number of ether oxygens (including phenoxy) is 2. The number of anilines is 1. The second kappa shape index (κ2) is 12.3. The first-order valence-corrected chi connectivity index (χ1v) is 17.5. The Morgan fingerprint density at radius 2 is 2.04 bits per heavy atom. The van der Waals surface area contributed by atoms with Gasteiger partial charge in [0, 0.05) is 59.0 Å². The summed E-state index contributed by atoms with van der Waals surface area (Å²) in [6.45, 7) is 6.38. The topological polar surface area (TPSA) is 94.8 Å². The van der Waals surface area contributed by atoms with Crippen molar-refractivity contribution in [1.82, 2.24) is 19.8 Å². The third-order valence-corrected chi connectivity index (χ3v) is 11.2. The molecule has 0 N–H and O–H groups in total. The van der Waals surface area contributed by atoms with Crippen molar-refractivity contribution >= 4 is 44.1 Å². The molecule has 1 aliphatic carbocycles. The minimum atomic E-state index is -0.894. The molecule has 12 heteroatoms. The van der Waals surface area contributed by atoms with Crippen LogP contribution in [0.15, 0.2) is 48.4 Å². The summed E-state index contributed by atoms with van der Waals surface area (Å²) in [5.74, 6) is 0.649. The Labute approximate surface area is 281 Å². The first-order valence-electron chi connectivity index (χ1n) is 16.6. The SMILES string of the molecule is C=CC(=O)N1CCN(c2nc(OC[C@@]34CCCN3C[C@H](F)C4)nc3c(OC4CC4)c(-c4cccc5scc(F)c45)ccc23)C[C@@H]1CC#N. The normalized spacial score (nSPS) is 24.2. The molecule has 2 aromatic carbocycles. The third kappa shape index (κ3) is 5.43. The Bertz CT molecular complexity index is 1960. The lowest BCUT2D eigenvalue weighted by molar-refractivity contribution is -0.128. The van der Waals surface area contributed by atoms with Crippen molar-refractivity contribution in [3.05, 3.63) is 54.2 Å². The van der Waals surface area contributed by atoms with Crippen LogP contribution in [0.1, 0.15) is 38.5 Å². The second-order valence-corrected chi connectivity index (χ2v) is 14.2. The van der Waals surface area contributed by atoms with Crippen LogP contribution in [-0.4, -0.2) is 88.9 Å². The van der Waals surface area contributed by atoms with Gasteiger partial charge < -0.3 is 19.3 Å². The van der Waals surface area contributed by atoms with Crippen LogP contribution in [-0.2, 0) is 4.79 Å². The van der Waals surface area contributed by atoms with Gasteiger partial charge in [-0.2, -0.15) is 15.2 Å². The van der Waals surface area contributed by atoms with Gasteiger partial charge in [0.2, 0.25) is 5.91 Å². The van der Waals surface area contributed by atoms with Gasteiger partial charge in [0.15, 0.2) is 5.75 Å². The molecule has 0 spiro atoms. The molecule has 1 saturated carbocycles. The molecular weight excluding hydrogens is 634 g/mol. The van der Waals surface area contributed by atoms with Crippen LogP contribution < -0.4 is 14.4 Å². The van der Waals surface area contributed by atoms with Crippen LogP contribution in [0.4, 0.5) is 14.6 Å². The quantitative estimate of drug-likeness (QED) is 0.193. The van der Waals surface area contributed by atoms with Gasteiger partial charge in [-0.25, -0.2) is 8.78 Å². The number of alkyl halides is 1. The van der Waals surface area contributed by atoms with Gasteiger partial charge in [0.1, 0.15) is 29.9 Å². The minimum absolute atomic E-state index is 0.0167. The van der Waals surface area contributed by atoms with E-state index in [-0.39, 0.29) is 42.9 Å². The molecule has 48 heavy (non-hydrogen) atoms. The van der Waals surface area contributed by atoms with Crippen LogP contribution in [0.3, 0.4) is 0 Å². The van der Waals surface area contributed by atoms with E-state index in [1.165, 1.54) is 22.8 Å². The maximum absolute atomic E-state index is 15.2. The van der Waals surface area contributed by atoms with Crippen LogP contribution in [0.5, 0.6) is 11.8 Å². The van der Waals surface area contributed by atoms with E-state index in [2.05, 4.69) is 22.4 Å². The summed E-state index contributed by atoms with van der Waals surface area (Å²) in [6.07, 6.45) is 4.63. The Hall–Kier alpha value is -4.34. The zero-order valence-corrected chi connectivity index (χ0v) is 27.4. The number of thiophene rings is 1. The molecule has 3 saturated heterocycles. The zero-order chi connectivity index (χ0) is 33.0. The van der Waals surface area contributed by atoms with Crippen molar-refractivity contribution in [3.63, 3.8) is 0 Å². The number of rotatable bonds is 9. The van der Waals surface area contributed by atoms with Gasteiger partial charge >= 0.3 is 6.01 Å². The summed E-state index contributed by atoms with van der Waals surface area (Å²) in [5, 5.41) is 12.4. The fourth-order valence-electron chi connectivity index (χ4n) is 7.78. The highest BCUT2D eigenvalue weighted by Gasteiger charge is 2.49. The van der Waals surface area contributed by atoms with Gasteiger partial charge in [0.25, 0.3) is 0 Å². The van der Waals surface area contributed by atoms with Gasteiger partial charge in [-0.3, -0.25) is 9.69 Å². The summed E-state index contributed by atoms with van der Waals surface area (Å²) in [5.41, 5.74) is 1.60. The molecule has 5 heterocycles. The first-order chi connectivity index (χ1) is 23.4. The average molecular weight is 671 g/mol. The molecule has 8 rings (SSSR count). The molecule has 0 unspecified atom stereocenters. The molecule has 3 atom stereocenters. The van der Waals surface area contributed by atoms with Crippen LogP contribution in [0, 0.1) is 17.1 Å². The van der Waals surface area contributed by atoms with Gasteiger partial charge in [-0.1, -0.05) is 18.7 Å². The molecule has 4 aliphatic rings. The number of fused-ring (bicyclic) bond motifs is 3. The third-order valence-electron chi connectivity index (χ3n) is 10.2. The van der Waals surface area contributed by atoms with E-state index >= 15 is 4.39 Å². The van der Waals surface area contributed by atoms with Crippen molar-refractivity contribution in [2.75, 3.05) is 44.2 Å². The van der Waals surface area contributed by atoms with Crippen molar-refractivity contribution in [3.8, 4) is 29.0 Å². The van der Waals surface area contributed by atoms with E-state index in [1.807, 2.05) is 30.3 Å². The molecule has 0 radical (unpaired) electrons. The van der Waals surface area contributed by atoms with E-state index in [0.29, 0.717) is 55.1 Å². The highest BCUT2D eigenvalue weighted by Crippen LogP contribution is 2.46. The molecule has 4 aromatic rings. The highest BCUT2D eigenvalue weighted by molar-refractivity contribution is 7.17. The largest absolute Gasteiger partial charge is 0.487 e. The Morgan fingerprint density at radius 3 is 2.85 bits per heavy atom. The lowest BCUT2D eigenvalue weighted by Gasteiger charge is -2.41. The van der Waals surface area contributed by atoms with Gasteiger partial charge in [-0.05, 0) is 62.1 Å². The number of nitriles is 1. The van der Waals surface area contributed by atoms with Gasteiger partial charge in [-0.15, -0.1) is 11.3 Å². The summed E-state index contributed by atoms with van der Waals surface area (Å²) in [6, 6.07) is 11.6. The molecule has 248 valence electrons. The predicted octanol–water partition coefficient (Wildman–Crippen LogP) is 6.26. The first kappa shape index (κ1) is 31.0. The fraction of sp³-hybridized carbons (Fsp3) is 0.444. The van der Waals surface area contributed by atoms with Crippen molar-refractivity contribution < 1.29 is 23.0 Å². The number of halogens is 2. The smallest absolute Gasteiger partial charge is 0.319 e. The highest BCUT2D eigenvalue weighted by atomic mass is 32.1. The number of aromatic nitrogens is 2. The number of hydrogen-bond donors (Lipinski definition) is 0. The minimum Gasteiger partial charge on any atom is -0.487 e. The Balaban J connectivity index is 1.26.